The van der Waals surface area contributed by atoms with Crippen molar-refractivity contribution in [2.24, 2.45) is 5.41 Å². The number of hydrogen-bond acceptors (Lipinski definition) is 4. The average Bonchev–Trinajstić information content (AvgIpc) is 2.46. The third-order valence-electron chi connectivity index (χ3n) is 3.91. The molecule has 110 valence electrons. The molecular formula is C15H16N2O4. The first-order valence-electron chi connectivity index (χ1n) is 6.85. The number of Topliss-reactive ketones (excluding diaryl/α,β-unsaturated/α-hetero) is 1. The van der Waals surface area contributed by atoms with Gasteiger partial charge in [-0.2, -0.15) is 0 Å². The second kappa shape index (κ2) is 5.20. The lowest BCUT2D eigenvalue weighted by Gasteiger charge is -2.49. The van der Waals surface area contributed by atoms with Crippen LogP contribution in [0.5, 0.6) is 0 Å². The normalized spacial score (nSPS) is 19.9. The van der Waals surface area contributed by atoms with Crippen molar-refractivity contribution >= 4 is 17.8 Å². The largest absolute Gasteiger partial charge is 0.445 e. The van der Waals surface area contributed by atoms with E-state index in [0.29, 0.717) is 0 Å². The molecule has 6 heteroatoms. The first-order valence-corrected chi connectivity index (χ1v) is 6.85. The minimum atomic E-state index is -0.735. The lowest BCUT2D eigenvalue weighted by Crippen LogP contribution is -2.68. The van der Waals surface area contributed by atoms with Crippen molar-refractivity contribution in [1.82, 2.24) is 10.2 Å². The van der Waals surface area contributed by atoms with Crippen molar-refractivity contribution in [3.63, 3.8) is 0 Å². The number of hydrogen-bond donors (Lipinski definition) is 1. The molecular weight excluding hydrogens is 272 g/mol. The van der Waals surface area contributed by atoms with E-state index in [2.05, 4.69) is 5.32 Å². The first kappa shape index (κ1) is 13.6. The van der Waals surface area contributed by atoms with Gasteiger partial charge in [0.2, 0.25) is 5.91 Å². The van der Waals surface area contributed by atoms with Gasteiger partial charge in [-0.1, -0.05) is 30.3 Å². The predicted molar refractivity (Wildman–Crippen MR) is 73.3 cm³/mol. The van der Waals surface area contributed by atoms with Gasteiger partial charge in [-0.3, -0.25) is 9.59 Å². The van der Waals surface area contributed by atoms with Crippen molar-refractivity contribution in [3.05, 3.63) is 35.9 Å². The van der Waals surface area contributed by atoms with Crippen molar-refractivity contribution in [2.45, 2.75) is 13.0 Å². The van der Waals surface area contributed by atoms with Crippen LogP contribution in [0, 0.1) is 5.41 Å². The summed E-state index contributed by atoms with van der Waals surface area (Å²) in [6, 6.07) is 9.39. The third-order valence-corrected chi connectivity index (χ3v) is 3.91. The molecule has 1 N–H and O–H groups in total. The highest BCUT2D eigenvalue weighted by Crippen LogP contribution is 2.36. The van der Waals surface area contributed by atoms with Gasteiger partial charge in [0.15, 0.2) is 5.78 Å². The molecule has 0 unspecified atom stereocenters. The zero-order chi connectivity index (χ0) is 14.9. The SMILES string of the molecule is O=C1CNC(=O)C2(C1)CN(C(=O)OCc1ccccc1)C2. The van der Waals surface area contributed by atoms with Crippen molar-refractivity contribution in [1.29, 1.82) is 0 Å². The van der Waals surface area contributed by atoms with Crippen LogP contribution < -0.4 is 5.32 Å². The Hall–Kier alpha value is -2.37. The fourth-order valence-corrected chi connectivity index (χ4v) is 2.77. The van der Waals surface area contributed by atoms with E-state index in [-0.39, 0.29) is 44.4 Å². The molecule has 2 aliphatic rings. The van der Waals surface area contributed by atoms with Crippen LogP contribution in [0.25, 0.3) is 0 Å². The molecule has 0 bridgehead atoms. The molecule has 2 saturated heterocycles. The van der Waals surface area contributed by atoms with Crippen LogP contribution in [0.15, 0.2) is 30.3 Å². The Morgan fingerprint density at radius 2 is 1.95 bits per heavy atom. The maximum atomic E-state index is 11.9. The van der Waals surface area contributed by atoms with E-state index in [1.54, 1.807) is 0 Å². The van der Waals surface area contributed by atoms with Crippen LogP contribution in [0.2, 0.25) is 0 Å². The molecule has 0 radical (unpaired) electrons. The standard InChI is InChI=1S/C15H16N2O4/c18-12-6-15(13(19)16-7-12)9-17(10-15)14(20)21-8-11-4-2-1-3-5-11/h1-5H,6-10H2,(H,16,19). The Kier molecular flexibility index (Phi) is 3.37. The summed E-state index contributed by atoms with van der Waals surface area (Å²) in [5, 5.41) is 2.57. The zero-order valence-corrected chi connectivity index (χ0v) is 11.5. The maximum Gasteiger partial charge on any atom is 0.410 e. The molecule has 2 aliphatic heterocycles. The molecule has 2 heterocycles. The molecule has 0 aliphatic carbocycles. The topological polar surface area (TPSA) is 75.7 Å². The summed E-state index contributed by atoms with van der Waals surface area (Å²) >= 11 is 0. The van der Waals surface area contributed by atoms with E-state index < -0.39 is 11.5 Å². The highest BCUT2D eigenvalue weighted by atomic mass is 16.6. The number of nitrogens with one attached hydrogen (secondary N) is 1. The molecule has 0 saturated carbocycles. The number of piperidine rings is 1. The summed E-state index contributed by atoms with van der Waals surface area (Å²) in [4.78, 5) is 36.7. The number of carbonyl (C=O) groups is 3. The molecule has 3 rings (SSSR count). The second-order valence-electron chi connectivity index (χ2n) is 5.57. The fourth-order valence-electron chi connectivity index (χ4n) is 2.77. The summed E-state index contributed by atoms with van der Waals surface area (Å²) in [7, 11) is 0. The Balaban J connectivity index is 1.52. The highest BCUT2D eigenvalue weighted by Gasteiger charge is 2.54. The summed E-state index contributed by atoms with van der Waals surface area (Å²) in [5.74, 6) is -0.138. The minimum absolute atomic E-state index is 0.00639. The smallest absolute Gasteiger partial charge is 0.410 e. The second-order valence-corrected chi connectivity index (χ2v) is 5.57. The number of nitrogens with zero attached hydrogens (tertiary/aromatic N) is 1. The number of benzene rings is 1. The summed E-state index contributed by atoms with van der Waals surface area (Å²) in [6.07, 6.45) is -0.239. The van der Waals surface area contributed by atoms with Gasteiger partial charge in [0.1, 0.15) is 6.61 Å². The lowest BCUT2D eigenvalue weighted by molar-refractivity contribution is -0.150. The highest BCUT2D eigenvalue weighted by molar-refractivity contribution is 5.98. The van der Waals surface area contributed by atoms with Gasteiger partial charge in [0.25, 0.3) is 0 Å². The molecule has 0 aromatic heterocycles. The average molecular weight is 288 g/mol. The Labute approximate surface area is 122 Å². The lowest BCUT2D eigenvalue weighted by atomic mass is 9.73. The van der Waals surface area contributed by atoms with Crippen LogP contribution in [0.4, 0.5) is 4.79 Å². The quantitative estimate of drug-likeness (QED) is 0.870. The number of rotatable bonds is 2. The van der Waals surface area contributed by atoms with E-state index in [0.717, 1.165) is 5.56 Å². The number of ketones is 1. The molecule has 1 aromatic carbocycles. The van der Waals surface area contributed by atoms with Gasteiger partial charge in [0.05, 0.1) is 12.0 Å². The van der Waals surface area contributed by atoms with Crippen molar-refractivity contribution < 1.29 is 19.1 Å². The first-order chi connectivity index (χ1) is 10.1. The van der Waals surface area contributed by atoms with Gasteiger partial charge in [-0.15, -0.1) is 0 Å². The molecule has 1 aromatic rings. The molecule has 2 fully saturated rings. The van der Waals surface area contributed by atoms with Gasteiger partial charge >= 0.3 is 6.09 Å². The zero-order valence-electron chi connectivity index (χ0n) is 11.5. The van der Waals surface area contributed by atoms with Crippen LogP contribution in [0.1, 0.15) is 12.0 Å². The summed E-state index contributed by atoms with van der Waals surface area (Å²) in [5.41, 5.74) is 0.174. The monoisotopic (exact) mass is 288 g/mol. The molecule has 6 nitrogen and oxygen atoms in total. The van der Waals surface area contributed by atoms with Crippen molar-refractivity contribution in [2.75, 3.05) is 19.6 Å². The minimum Gasteiger partial charge on any atom is -0.445 e. The van der Waals surface area contributed by atoms with Crippen LogP contribution in [0.3, 0.4) is 0 Å². The van der Waals surface area contributed by atoms with Gasteiger partial charge < -0.3 is 15.0 Å². The summed E-state index contributed by atoms with van der Waals surface area (Å²) < 4.78 is 5.20. The number of amides is 2. The third kappa shape index (κ3) is 2.61. The van der Waals surface area contributed by atoms with Crippen LogP contribution in [-0.4, -0.2) is 42.3 Å². The van der Waals surface area contributed by atoms with E-state index in [1.165, 1.54) is 4.90 Å². The van der Waals surface area contributed by atoms with Crippen LogP contribution >= 0.6 is 0 Å². The Morgan fingerprint density at radius 1 is 1.24 bits per heavy atom. The number of ether oxygens (including phenoxy) is 1. The van der Waals surface area contributed by atoms with Gasteiger partial charge in [-0.25, -0.2) is 4.79 Å². The fraction of sp³-hybridized carbons (Fsp3) is 0.400. The number of likely N-dealkylation sites (tertiary alicyclic amines) is 1. The van der Waals surface area contributed by atoms with E-state index in [4.69, 9.17) is 4.74 Å². The van der Waals surface area contributed by atoms with E-state index in [1.807, 2.05) is 30.3 Å². The van der Waals surface area contributed by atoms with E-state index in [9.17, 15) is 14.4 Å². The predicted octanol–water partition coefficient (Wildman–Crippen LogP) is 0.714. The summed E-state index contributed by atoms with van der Waals surface area (Å²) in [6.45, 7) is 0.795. The Bertz CT molecular complexity index is 579. The molecule has 2 amide bonds. The van der Waals surface area contributed by atoms with Crippen molar-refractivity contribution in [3.8, 4) is 0 Å². The van der Waals surface area contributed by atoms with Crippen LogP contribution in [-0.2, 0) is 20.9 Å². The van der Waals surface area contributed by atoms with E-state index >= 15 is 0 Å². The number of carbonyl (C=O) groups excluding carboxylic acids is 3. The van der Waals surface area contributed by atoms with Gasteiger partial charge in [0, 0.05) is 19.5 Å². The maximum absolute atomic E-state index is 11.9. The molecule has 1 spiro atoms. The molecule has 21 heavy (non-hydrogen) atoms. The molecule has 0 atom stereocenters. The van der Waals surface area contributed by atoms with Gasteiger partial charge in [-0.05, 0) is 5.56 Å². The Morgan fingerprint density at radius 3 is 2.67 bits per heavy atom.